The van der Waals surface area contributed by atoms with Crippen LogP contribution in [0.5, 0.6) is 0 Å². The molecular weight excluding hydrogens is 406 g/mol. The molecule has 0 spiro atoms. The summed E-state index contributed by atoms with van der Waals surface area (Å²) in [7, 11) is 0. The molecule has 2 heterocycles. The Balaban J connectivity index is 1.34. The third kappa shape index (κ3) is 3.57. The number of rotatable bonds is 5. The Morgan fingerprint density at radius 3 is 2.47 bits per heavy atom. The summed E-state index contributed by atoms with van der Waals surface area (Å²) in [4.78, 5) is 50.7. The molecule has 0 bridgehead atoms. The molecule has 2 aliphatic rings. The first-order valence-corrected chi connectivity index (χ1v) is 10.3. The lowest BCUT2D eigenvalue weighted by molar-refractivity contribution is -0.147. The molecule has 2 aromatic rings. The van der Waals surface area contributed by atoms with E-state index in [1.165, 1.54) is 23.5 Å². The Labute approximate surface area is 176 Å². The second-order valence-electron chi connectivity index (χ2n) is 6.98. The van der Waals surface area contributed by atoms with Crippen LogP contribution in [-0.4, -0.2) is 41.7 Å². The van der Waals surface area contributed by atoms with Gasteiger partial charge in [0.1, 0.15) is 17.6 Å². The lowest BCUT2D eigenvalue weighted by Gasteiger charge is -2.13. The van der Waals surface area contributed by atoms with Crippen molar-refractivity contribution in [3.8, 4) is 6.07 Å². The Kier molecular flexibility index (Phi) is 5.33. The largest absolute Gasteiger partial charge is 0.454 e. The highest BCUT2D eigenvalue weighted by atomic mass is 32.1. The van der Waals surface area contributed by atoms with E-state index in [9.17, 15) is 24.4 Å². The summed E-state index contributed by atoms with van der Waals surface area (Å²) >= 11 is 1.38. The topological polar surface area (TPSA) is 117 Å². The highest BCUT2D eigenvalue weighted by molar-refractivity contribution is 7.16. The van der Waals surface area contributed by atoms with Gasteiger partial charge in [-0.3, -0.25) is 24.1 Å². The molecule has 9 heteroatoms. The van der Waals surface area contributed by atoms with E-state index in [4.69, 9.17) is 4.74 Å². The molecule has 30 heavy (non-hydrogen) atoms. The maximum absolute atomic E-state index is 12.3. The van der Waals surface area contributed by atoms with E-state index in [0.29, 0.717) is 10.6 Å². The van der Waals surface area contributed by atoms with E-state index in [2.05, 4.69) is 11.4 Å². The first-order valence-electron chi connectivity index (χ1n) is 9.45. The molecule has 1 aromatic heterocycles. The second-order valence-corrected chi connectivity index (χ2v) is 8.08. The van der Waals surface area contributed by atoms with Crippen molar-refractivity contribution >= 4 is 40.0 Å². The molecule has 0 unspecified atom stereocenters. The molecule has 8 nitrogen and oxygen atoms in total. The maximum Gasteiger partial charge on any atom is 0.326 e. The monoisotopic (exact) mass is 423 g/mol. The number of hydrogen-bond acceptors (Lipinski definition) is 7. The fourth-order valence-corrected chi connectivity index (χ4v) is 4.89. The van der Waals surface area contributed by atoms with Crippen molar-refractivity contribution in [2.45, 2.75) is 25.7 Å². The summed E-state index contributed by atoms with van der Waals surface area (Å²) in [6, 6.07) is 8.44. The van der Waals surface area contributed by atoms with Gasteiger partial charge in [0, 0.05) is 4.88 Å². The van der Waals surface area contributed by atoms with Crippen LogP contribution in [0.15, 0.2) is 24.3 Å². The normalized spacial score (nSPS) is 14.7. The van der Waals surface area contributed by atoms with Crippen molar-refractivity contribution in [3.05, 3.63) is 51.4 Å². The van der Waals surface area contributed by atoms with Crippen molar-refractivity contribution < 1.29 is 23.9 Å². The first kappa shape index (κ1) is 19.8. The van der Waals surface area contributed by atoms with E-state index < -0.39 is 36.8 Å². The Hall–Kier alpha value is -3.51. The molecule has 0 saturated carbocycles. The number of ether oxygens (including phenoxy) is 1. The molecule has 1 aromatic carbocycles. The molecule has 4 rings (SSSR count). The van der Waals surface area contributed by atoms with Crippen LogP contribution in [0.3, 0.4) is 0 Å². The SMILES string of the molecule is N#Cc1c(NC(=O)COC(=O)CN2C(=O)c3ccccc3C2=O)sc2c1CCCC2. The molecular formula is C21H17N3O5S. The summed E-state index contributed by atoms with van der Waals surface area (Å²) < 4.78 is 4.93. The molecule has 0 fully saturated rings. The van der Waals surface area contributed by atoms with Crippen LogP contribution in [0.2, 0.25) is 0 Å². The van der Waals surface area contributed by atoms with Gasteiger partial charge in [0.25, 0.3) is 17.7 Å². The van der Waals surface area contributed by atoms with E-state index >= 15 is 0 Å². The zero-order valence-electron chi connectivity index (χ0n) is 15.9. The highest BCUT2D eigenvalue weighted by Gasteiger charge is 2.36. The molecule has 152 valence electrons. The molecule has 0 atom stereocenters. The van der Waals surface area contributed by atoms with Gasteiger partial charge in [0.05, 0.1) is 16.7 Å². The van der Waals surface area contributed by atoms with Gasteiger partial charge in [-0.2, -0.15) is 5.26 Å². The number of thiophene rings is 1. The summed E-state index contributed by atoms with van der Waals surface area (Å²) in [6.45, 7) is -1.15. The summed E-state index contributed by atoms with van der Waals surface area (Å²) in [5.41, 5.74) is 1.93. The summed E-state index contributed by atoms with van der Waals surface area (Å²) in [5, 5.41) is 12.5. The molecule has 0 saturated heterocycles. The van der Waals surface area contributed by atoms with Crippen LogP contribution in [-0.2, 0) is 27.2 Å². The number of nitrogens with zero attached hydrogens (tertiary/aromatic N) is 2. The minimum Gasteiger partial charge on any atom is -0.454 e. The highest BCUT2D eigenvalue weighted by Crippen LogP contribution is 2.37. The number of fused-ring (bicyclic) bond motifs is 2. The fraction of sp³-hybridized carbons (Fsp3) is 0.286. The Morgan fingerprint density at radius 2 is 1.80 bits per heavy atom. The molecule has 1 N–H and O–H groups in total. The van der Waals surface area contributed by atoms with Crippen LogP contribution in [0.1, 0.15) is 49.6 Å². The maximum atomic E-state index is 12.3. The first-order chi connectivity index (χ1) is 14.5. The lowest BCUT2D eigenvalue weighted by atomic mass is 9.96. The zero-order valence-corrected chi connectivity index (χ0v) is 16.7. The number of carbonyl (C=O) groups excluding carboxylic acids is 4. The van der Waals surface area contributed by atoms with Crippen LogP contribution in [0.25, 0.3) is 0 Å². The molecule has 0 radical (unpaired) electrons. The van der Waals surface area contributed by atoms with Crippen molar-refractivity contribution in [3.63, 3.8) is 0 Å². The van der Waals surface area contributed by atoms with Crippen molar-refractivity contribution in [2.75, 3.05) is 18.5 Å². The number of nitriles is 1. The summed E-state index contributed by atoms with van der Waals surface area (Å²) in [5.74, 6) is -2.59. The minimum absolute atomic E-state index is 0.235. The average molecular weight is 423 g/mol. The predicted molar refractivity (Wildman–Crippen MR) is 107 cm³/mol. The van der Waals surface area contributed by atoms with Gasteiger partial charge in [-0.1, -0.05) is 12.1 Å². The van der Waals surface area contributed by atoms with Crippen molar-refractivity contribution in [1.82, 2.24) is 4.90 Å². The smallest absolute Gasteiger partial charge is 0.326 e. The third-order valence-corrected chi connectivity index (χ3v) is 6.27. The van der Waals surface area contributed by atoms with Gasteiger partial charge >= 0.3 is 5.97 Å². The third-order valence-electron chi connectivity index (χ3n) is 5.07. The molecule has 3 amide bonds. The minimum atomic E-state index is -0.870. The van der Waals surface area contributed by atoms with E-state index in [1.807, 2.05) is 0 Å². The van der Waals surface area contributed by atoms with E-state index in [-0.39, 0.29) is 11.1 Å². The Morgan fingerprint density at radius 1 is 1.13 bits per heavy atom. The van der Waals surface area contributed by atoms with E-state index in [1.54, 1.807) is 12.1 Å². The fourth-order valence-electron chi connectivity index (χ4n) is 3.64. The number of nitrogens with one attached hydrogen (secondary N) is 1. The van der Waals surface area contributed by atoms with E-state index in [0.717, 1.165) is 41.0 Å². The summed E-state index contributed by atoms with van der Waals surface area (Å²) in [6.07, 6.45) is 3.78. The number of aryl methyl sites for hydroxylation is 1. The zero-order chi connectivity index (χ0) is 21.3. The quantitative estimate of drug-likeness (QED) is 0.583. The number of amides is 3. The van der Waals surface area contributed by atoms with Crippen LogP contribution in [0, 0.1) is 11.3 Å². The number of imide groups is 1. The molecule has 1 aliphatic carbocycles. The van der Waals surface area contributed by atoms with Gasteiger partial charge in [0.2, 0.25) is 0 Å². The standard InChI is InChI=1S/C21H17N3O5S/c22-9-15-12-5-3-4-8-16(12)30-19(15)23-17(25)11-29-18(26)10-24-20(27)13-6-1-2-7-14(13)21(24)28/h1-2,6-7H,3-5,8,10-11H2,(H,23,25). The van der Waals surface area contributed by atoms with Crippen molar-refractivity contribution in [2.24, 2.45) is 0 Å². The average Bonchev–Trinajstić information content (AvgIpc) is 3.22. The van der Waals surface area contributed by atoms with Crippen molar-refractivity contribution in [1.29, 1.82) is 5.26 Å². The van der Waals surface area contributed by atoms with Crippen LogP contribution in [0.4, 0.5) is 5.00 Å². The number of hydrogen-bond donors (Lipinski definition) is 1. The number of esters is 1. The number of anilines is 1. The number of carbonyl (C=O) groups is 4. The Bertz CT molecular complexity index is 1080. The second kappa shape index (κ2) is 8.08. The lowest BCUT2D eigenvalue weighted by Crippen LogP contribution is -2.36. The van der Waals surface area contributed by atoms with Crippen LogP contribution >= 0.6 is 11.3 Å². The van der Waals surface area contributed by atoms with Gasteiger partial charge in [-0.05, 0) is 43.4 Å². The molecule has 1 aliphatic heterocycles. The van der Waals surface area contributed by atoms with Gasteiger partial charge in [-0.25, -0.2) is 0 Å². The predicted octanol–water partition coefficient (Wildman–Crippen LogP) is 2.28. The van der Waals surface area contributed by atoms with Gasteiger partial charge < -0.3 is 10.1 Å². The van der Waals surface area contributed by atoms with Crippen LogP contribution < -0.4 is 5.32 Å². The number of benzene rings is 1. The van der Waals surface area contributed by atoms with Gasteiger partial charge in [-0.15, -0.1) is 11.3 Å². The van der Waals surface area contributed by atoms with Gasteiger partial charge in [0.15, 0.2) is 6.61 Å².